The van der Waals surface area contributed by atoms with Crippen LogP contribution in [0.25, 0.3) is 0 Å². The molecule has 1 aromatic carbocycles. The lowest BCUT2D eigenvalue weighted by atomic mass is 10.3. The van der Waals surface area contributed by atoms with Gasteiger partial charge in [-0.05, 0) is 46.6 Å². The highest BCUT2D eigenvalue weighted by atomic mass is 79.9. The van der Waals surface area contributed by atoms with Gasteiger partial charge in [0.15, 0.2) is 0 Å². The predicted octanol–water partition coefficient (Wildman–Crippen LogP) is 4.71. The Kier molecular flexibility index (Phi) is 4.83. The predicted molar refractivity (Wildman–Crippen MR) is 81.8 cm³/mol. The van der Waals surface area contributed by atoms with E-state index >= 15 is 0 Å². The number of amides is 1. The quantitative estimate of drug-likeness (QED) is 0.843. The number of anilines is 1. The van der Waals surface area contributed by atoms with Crippen LogP contribution in [0.4, 0.5) is 10.1 Å². The van der Waals surface area contributed by atoms with Crippen LogP contribution in [0.15, 0.2) is 34.9 Å². The molecule has 0 aliphatic carbocycles. The largest absolute Gasteiger partial charge is 0.342 e. The van der Waals surface area contributed by atoms with E-state index < -0.39 is 5.82 Å². The number of benzene rings is 1. The molecule has 1 amide bonds. The Labute approximate surface area is 129 Å². The summed E-state index contributed by atoms with van der Waals surface area (Å²) in [6.07, 6.45) is 2.73. The molecule has 3 nitrogen and oxygen atoms in total. The summed E-state index contributed by atoms with van der Waals surface area (Å²) in [6.45, 7) is 2.74. The summed E-state index contributed by atoms with van der Waals surface area (Å²) in [5.74, 6) is -0.913. The Hall–Kier alpha value is -1.33. The van der Waals surface area contributed by atoms with Crippen molar-refractivity contribution in [1.82, 2.24) is 4.57 Å². The summed E-state index contributed by atoms with van der Waals surface area (Å²) in [4.78, 5) is 12.2. The molecular weight excluding hydrogens is 347 g/mol. The molecule has 0 radical (unpaired) electrons. The normalized spacial score (nSPS) is 10.6. The molecule has 0 atom stereocenters. The second kappa shape index (κ2) is 6.41. The number of nitrogens with zero attached hydrogens (tertiary/aromatic N) is 1. The third-order valence-corrected chi connectivity index (χ3v) is 3.41. The van der Waals surface area contributed by atoms with Crippen LogP contribution in [0.5, 0.6) is 0 Å². The monoisotopic (exact) mass is 358 g/mol. The van der Waals surface area contributed by atoms with Crippen LogP contribution < -0.4 is 5.32 Å². The first-order valence-electron chi connectivity index (χ1n) is 6.13. The molecule has 0 bridgehead atoms. The minimum absolute atomic E-state index is 0.111. The van der Waals surface area contributed by atoms with E-state index in [1.807, 2.05) is 17.7 Å². The fraction of sp³-hybridized carbons (Fsp3) is 0.214. The van der Waals surface area contributed by atoms with E-state index in [1.165, 1.54) is 12.1 Å². The summed E-state index contributed by atoms with van der Waals surface area (Å²) in [7, 11) is 0. The fourth-order valence-corrected chi connectivity index (χ4v) is 2.49. The van der Waals surface area contributed by atoms with Gasteiger partial charge in [-0.15, -0.1) is 0 Å². The fourth-order valence-electron chi connectivity index (χ4n) is 1.87. The Bertz CT molecular complexity index is 642. The SMILES string of the molecule is CCCn1cc(Br)cc1C(=O)Nc1ccc(Cl)cc1F. The number of hydrogen-bond donors (Lipinski definition) is 1. The Morgan fingerprint density at radius 3 is 2.85 bits per heavy atom. The van der Waals surface area contributed by atoms with Crippen molar-refractivity contribution in [1.29, 1.82) is 0 Å². The van der Waals surface area contributed by atoms with Gasteiger partial charge in [-0.1, -0.05) is 18.5 Å². The third-order valence-electron chi connectivity index (χ3n) is 2.74. The lowest BCUT2D eigenvalue weighted by Crippen LogP contribution is -2.17. The van der Waals surface area contributed by atoms with Crippen LogP contribution in [0.2, 0.25) is 5.02 Å². The van der Waals surface area contributed by atoms with Gasteiger partial charge in [0.25, 0.3) is 5.91 Å². The number of carbonyl (C=O) groups excluding carboxylic acids is 1. The zero-order chi connectivity index (χ0) is 14.7. The van der Waals surface area contributed by atoms with Crippen LogP contribution in [-0.2, 0) is 6.54 Å². The average molecular weight is 360 g/mol. The smallest absolute Gasteiger partial charge is 0.272 e. The second-order valence-corrected chi connectivity index (χ2v) is 5.67. The van der Waals surface area contributed by atoms with Crippen LogP contribution in [0.3, 0.4) is 0 Å². The van der Waals surface area contributed by atoms with Crippen LogP contribution in [0, 0.1) is 5.82 Å². The summed E-state index contributed by atoms with van der Waals surface area (Å²) in [6, 6.07) is 5.84. The van der Waals surface area contributed by atoms with E-state index in [4.69, 9.17) is 11.6 Å². The van der Waals surface area contributed by atoms with Crippen molar-refractivity contribution < 1.29 is 9.18 Å². The van der Waals surface area contributed by atoms with E-state index in [0.717, 1.165) is 23.5 Å². The van der Waals surface area contributed by atoms with Crippen molar-refractivity contribution in [3.8, 4) is 0 Å². The highest BCUT2D eigenvalue weighted by Gasteiger charge is 2.14. The zero-order valence-corrected chi connectivity index (χ0v) is 13.1. The molecule has 1 heterocycles. The third kappa shape index (κ3) is 3.41. The number of carbonyl (C=O) groups is 1. The van der Waals surface area contributed by atoms with Gasteiger partial charge in [0.05, 0.1) is 5.69 Å². The van der Waals surface area contributed by atoms with E-state index in [-0.39, 0.29) is 16.6 Å². The number of hydrogen-bond acceptors (Lipinski definition) is 1. The van der Waals surface area contributed by atoms with Crippen molar-refractivity contribution >= 4 is 39.1 Å². The number of rotatable bonds is 4. The molecule has 0 unspecified atom stereocenters. The van der Waals surface area contributed by atoms with Gasteiger partial charge in [0.2, 0.25) is 0 Å². The summed E-state index contributed by atoms with van der Waals surface area (Å²) in [5.41, 5.74) is 0.591. The Balaban J connectivity index is 2.23. The molecule has 1 N–H and O–H groups in total. The maximum atomic E-state index is 13.7. The number of nitrogens with one attached hydrogen (secondary N) is 1. The van der Waals surface area contributed by atoms with Gasteiger partial charge in [0, 0.05) is 22.2 Å². The van der Waals surface area contributed by atoms with E-state index in [0.29, 0.717) is 5.69 Å². The standard InChI is InChI=1S/C14H13BrClFN2O/c1-2-5-19-8-9(15)6-13(19)14(20)18-12-4-3-10(16)7-11(12)17/h3-4,6-8H,2,5H2,1H3,(H,18,20). The van der Waals surface area contributed by atoms with Gasteiger partial charge in [-0.25, -0.2) is 4.39 Å². The number of aryl methyl sites for hydroxylation is 1. The first-order chi connectivity index (χ1) is 9.51. The number of aromatic nitrogens is 1. The highest BCUT2D eigenvalue weighted by molar-refractivity contribution is 9.10. The summed E-state index contributed by atoms with van der Waals surface area (Å²) in [5, 5.41) is 2.84. The molecule has 0 fully saturated rings. The molecule has 1 aromatic heterocycles. The maximum absolute atomic E-state index is 13.7. The molecule has 0 saturated carbocycles. The average Bonchev–Trinajstić information content (AvgIpc) is 2.74. The molecule has 20 heavy (non-hydrogen) atoms. The summed E-state index contributed by atoms with van der Waals surface area (Å²) >= 11 is 9.02. The second-order valence-electron chi connectivity index (χ2n) is 4.32. The number of halogens is 3. The molecule has 0 saturated heterocycles. The van der Waals surface area contributed by atoms with E-state index in [2.05, 4.69) is 21.2 Å². The van der Waals surface area contributed by atoms with Crippen LogP contribution >= 0.6 is 27.5 Å². The van der Waals surface area contributed by atoms with Crippen molar-refractivity contribution in [2.24, 2.45) is 0 Å². The molecule has 2 rings (SSSR count). The first kappa shape index (κ1) is 15.1. The highest BCUT2D eigenvalue weighted by Crippen LogP contribution is 2.21. The minimum Gasteiger partial charge on any atom is -0.342 e. The van der Waals surface area contributed by atoms with Gasteiger partial charge in [-0.3, -0.25) is 4.79 Å². The molecular formula is C14H13BrClFN2O. The van der Waals surface area contributed by atoms with Crippen molar-refractivity contribution in [2.45, 2.75) is 19.9 Å². The topological polar surface area (TPSA) is 34.0 Å². The van der Waals surface area contributed by atoms with Crippen LogP contribution in [0.1, 0.15) is 23.8 Å². The Morgan fingerprint density at radius 1 is 1.45 bits per heavy atom. The minimum atomic E-state index is -0.557. The molecule has 106 valence electrons. The van der Waals surface area contributed by atoms with Crippen LogP contribution in [-0.4, -0.2) is 10.5 Å². The van der Waals surface area contributed by atoms with Crippen molar-refractivity contribution in [2.75, 3.05) is 5.32 Å². The van der Waals surface area contributed by atoms with Gasteiger partial charge >= 0.3 is 0 Å². The van der Waals surface area contributed by atoms with Gasteiger partial charge in [0.1, 0.15) is 11.5 Å². The summed E-state index contributed by atoms with van der Waals surface area (Å²) < 4.78 is 16.3. The maximum Gasteiger partial charge on any atom is 0.272 e. The van der Waals surface area contributed by atoms with Crippen molar-refractivity contribution in [3.05, 3.63) is 51.5 Å². The molecule has 0 aliphatic rings. The first-order valence-corrected chi connectivity index (χ1v) is 7.30. The molecule has 0 aliphatic heterocycles. The van der Waals surface area contributed by atoms with Crippen molar-refractivity contribution in [3.63, 3.8) is 0 Å². The molecule has 6 heteroatoms. The lowest BCUT2D eigenvalue weighted by Gasteiger charge is -2.09. The lowest BCUT2D eigenvalue weighted by molar-refractivity contribution is 0.101. The van der Waals surface area contributed by atoms with Gasteiger partial charge < -0.3 is 9.88 Å². The van der Waals surface area contributed by atoms with E-state index in [1.54, 1.807) is 6.07 Å². The zero-order valence-electron chi connectivity index (χ0n) is 10.8. The van der Waals surface area contributed by atoms with Gasteiger partial charge in [-0.2, -0.15) is 0 Å². The van der Waals surface area contributed by atoms with E-state index in [9.17, 15) is 9.18 Å². The Morgan fingerprint density at radius 2 is 2.20 bits per heavy atom. The molecule has 0 spiro atoms. The molecule has 2 aromatic rings.